The molecule has 0 spiro atoms. The van der Waals surface area contributed by atoms with Gasteiger partial charge in [-0.25, -0.2) is 9.97 Å². The van der Waals surface area contributed by atoms with Crippen LogP contribution in [0.3, 0.4) is 0 Å². The SMILES string of the molecule is CCCCCCCOc1ccc(-c2ncc(OCCCCOCCC)cn2)cc1. The Morgan fingerprint density at radius 3 is 1.93 bits per heavy atom. The van der Waals surface area contributed by atoms with Gasteiger partial charge in [-0.2, -0.15) is 0 Å². The van der Waals surface area contributed by atoms with E-state index in [-0.39, 0.29) is 0 Å². The van der Waals surface area contributed by atoms with Crippen LogP contribution in [0.25, 0.3) is 11.4 Å². The highest BCUT2D eigenvalue weighted by molar-refractivity contribution is 5.56. The van der Waals surface area contributed by atoms with E-state index in [0.29, 0.717) is 18.2 Å². The van der Waals surface area contributed by atoms with Crippen molar-refractivity contribution in [3.05, 3.63) is 36.7 Å². The second-order valence-corrected chi connectivity index (χ2v) is 7.20. The molecule has 2 aromatic rings. The summed E-state index contributed by atoms with van der Waals surface area (Å²) >= 11 is 0. The van der Waals surface area contributed by atoms with Gasteiger partial charge in [-0.1, -0.05) is 39.5 Å². The maximum Gasteiger partial charge on any atom is 0.159 e. The number of aromatic nitrogens is 2. The van der Waals surface area contributed by atoms with Crippen LogP contribution in [-0.4, -0.2) is 36.4 Å². The molecule has 0 bridgehead atoms. The Balaban J connectivity index is 1.68. The van der Waals surface area contributed by atoms with E-state index in [1.54, 1.807) is 12.4 Å². The monoisotopic (exact) mass is 400 g/mol. The Hall–Kier alpha value is -2.14. The lowest BCUT2D eigenvalue weighted by Gasteiger charge is -2.08. The molecule has 5 nitrogen and oxygen atoms in total. The molecule has 1 aromatic carbocycles. The van der Waals surface area contributed by atoms with E-state index in [2.05, 4.69) is 23.8 Å². The van der Waals surface area contributed by atoms with Crippen molar-refractivity contribution in [1.29, 1.82) is 0 Å². The summed E-state index contributed by atoms with van der Waals surface area (Å²) in [5, 5.41) is 0. The largest absolute Gasteiger partial charge is 0.494 e. The van der Waals surface area contributed by atoms with E-state index < -0.39 is 0 Å². The highest BCUT2D eigenvalue weighted by Gasteiger charge is 2.03. The van der Waals surface area contributed by atoms with Crippen molar-refractivity contribution in [3.8, 4) is 22.9 Å². The number of hydrogen-bond acceptors (Lipinski definition) is 5. The first-order chi connectivity index (χ1) is 14.3. The lowest BCUT2D eigenvalue weighted by atomic mass is 10.2. The highest BCUT2D eigenvalue weighted by atomic mass is 16.5. The Morgan fingerprint density at radius 1 is 0.621 bits per heavy atom. The molecule has 0 aliphatic heterocycles. The van der Waals surface area contributed by atoms with Gasteiger partial charge < -0.3 is 14.2 Å². The summed E-state index contributed by atoms with van der Waals surface area (Å²) in [6.07, 6.45) is 12.7. The third kappa shape index (κ3) is 9.75. The fraction of sp³-hybridized carbons (Fsp3) is 0.583. The van der Waals surface area contributed by atoms with E-state index in [1.807, 2.05) is 24.3 Å². The van der Waals surface area contributed by atoms with Crippen molar-refractivity contribution in [2.45, 2.75) is 65.2 Å². The number of rotatable bonds is 16. The normalized spacial score (nSPS) is 10.8. The van der Waals surface area contributed by atoms with E-state index in [9.17, 15) is 0 Å². The molecule has 1 aromatic heterocycles. The summed E-state index contributed by atoms with van der Waals surface area (Å²) in [5.74, 6) is 2.29. The second-order valence-electron chi connectivity index (χ2n) is 7.20. The van der Waals surface area contributed by atoms with Crippen LogP contribution in [0.4, 0.5) is 0 Å². The number of unbranched alkanes of at least 4 members (excludes halogenated alkanes) is 5. The molecule has 0 unspecified atom stereocenters. The highest BCUT2D eigenvalue weighted by Crippen LogP contribution is 2.20. The van der Waals surface area contributed by atoms with E-state index in [4.69, 9.17) is 14.2 Å². The molecule has 2 rings (SSSR count). The Morgan fingerprint density at radius 2 is 1.24 bits per heavy atom. The predicted molar refractivity (Wildman–Crippen MR) is 118 cm³/mol. The van der Waals surface area contributed by atoms with Gasteiger partial charge in [-0.3, -0.25) is 0 Å². The van der Waals surface area contributed by atoms with Crippen LogP contribution in [-0.2, 0) is 4.74 Å². The first-order valence-electron chi connectivity index (χ1n) is 11.1. The summed E-state index contributed by atoms with van der Waals surface area (Å²) < 4.78 is 17.0. The number of benzene rings is 1. The molecule has 0 N–H and O–H groups in total. The average molecular weight is 401 g/mol. The topological polar surface area (TPSA) is 53.5 Å². The smallest absolute Gasteiger partial charge is 0.159 e. The van der Waals surface area contributed by atoms with Crippen molar-refractivity contribution < 1.29 is 14.2 Å². The lowest BCUT2D eigenvalue weighted by molar-refractivity contribution is 0.127. The van der Waals surface area contributed by atoms with Crippen LogP contribution >= 0.6 is 0 Å². The molecular weight excluding hydrogens is 364 g/mol. The van der Waals surface area contributed by atoms with Gasteiger partial charge in [0.05, 0.1) is 25.6 Å². The Kier molecular flexibility index (Phi) is 11.8. The fourth-order valence-electron chi connectivity index (χ4n) is 2.88. The Bertz CT molecular complexity index is 644. The van der Waals surface area contributed by atoms with Crippen LogP contribution in [0.15, 0.2) is 36.7 Å². The maximum atomic E-state index is 5.81. The summed E-state index contributed by atoms with van der Waals surface area (Å²) in [5.41, 5.74) is 0.972. The molecule has 160 valence electrons. The van der Waals surface area contributed by atoms with E-state index in [0.717, 1.165) is 56.8 Å². The van der Waals surface area contributed by atoms with Gasteiger partial charge in [0.1, 0.15) is 5.75 Å². The third-order valence-electron chi connectivity index (χ3n) is 4.56. The predicted octanol–water partition coefficient (Wildman–Crippen LogP) is 6.08. The molecule has 0 amide bonds. The molecule has 5 heteroatoms. The Labute approximate surface area is 175 Å². The molecule has 0 aliphatic rings. The molecule has 0 atom stereocenters. The standard InChI is InChI=1S/C24H36N2O3/c1-3-5-6-7-8-17-28-22-13-11-21(12-14-22)24-25-19-23(20-26-24)29-18-10-9-16-27-15-4-2/h11-14,19-20H,3-10,15-18H2,1-2H3. The maximum absolute atomic E-state index is 5.81. The third-order valence-corrected chi connectivity index (χ3v) is 4.56. The van der Waals surface area contributed by atoms with Gasteiger partial charge in [0.25, 0.3) is 0 Å². The van der Waals surface area contributed by atoms with E-state index in [1.165, 1.54) is 25.7 Å². The first-order valence-corrected chi connectivity index (χ1v) is 11.1. The minimum absolute atomic E-state index is 0.655. The summed E-state index contributed by atoms with van der Waals surface area (Å²) in [7, 11) is 0. The van der Waals surface area contributed by atoms with Crippen molar-refractivity contribution in [2.24, 2.45) is 0 Å². The average Bonchev–Trinajstić information content (AvgIpc) is 2.76. The van der Waals surface area contributed by atoms with Crippen molar-refractivity contribution in [3.63, 3.8) is 0 Å². The second kappa shape index (κ2) is 14.8. The van der Waals surface area contributed by atoms with E-state index >= 15 is 0 Å². The van der Waals surface area contributed by atoms with Crippen LogP contribution in [0.2, 0.25) is 0 Å². The van der Waals surface area contributed by atoms with Crippen LogP contribution in [0, 0.1) is 0 Å². The van der Waals surface area contributed by atoms with Crippen LogP contribution in [0.5, 0.6) is 11.5 Å². The molecule has 29 heavy (non-hydrogen) atoms. The van der Waals surface area contributed by atoms with Gasteiger partial charge in [0, 0.05) is 18.8 Å². The molecule has 0 saturated carbocycles. The number of nitrogens with zero attached hydrogens (tertiary/aromatic N) is 2. The van der Waals surface area contributed by atoms with Gasteiger partial charge in [0.2, 0.25) is 0 Å². The minimum Gasteiger partial charge on any atom is -0.494 e. The number of hydrogen-bond donors (Lipinski definition) is 0. The lowest BCUT2D eigenvalue weighted by Crippen LogP contribution is -2.02. The molecule has 0 saturated heterocycles. The zero-order valence-electron chi connectivity index (χ0n) is 18.1. The summed E-state index contributed by atoms with van der Waals surface area (Å²) in [6.45, 7) is 7.41. The summed E-state index contributed by atoms with van der Waals surface area (Å²) in [4.78, 5) is 8.84. The van der Waals surface area contributed by atoms with Crippen LogP contribution < -0.4 is 9.47 Å². The van der Waals surface area contributed by atoms with Crippen molar-refractivity contribution in [1.82, 2.24) is 9.97 Å². The van der Waals surface area contributed by atoms with Crippen molar-refractivity contribution >= 4 is 0 Å². The van der Waals surface area contributed by atoms with Gasteiger partial charge >= 0.3 is 0 Å². The zero-order chi connectivity index (χ0) is 20.6. The van der Waals surface area contributed by atoms with Gasteiger partial charge in [0.15, 0.2) is 11.6 Å². The molecule has 0 aliphatic carbocycles. The fourth-order valence-corrected chi connectivity index (χ4v) is 2.88. The number of ether oxygens (including phenoxy) is 3. The molecule has 0 radical (unpaired) electrons. The van der Waals surface area contributed by atoms with Gasteiger partial charge in [-0.05, 0) is 49.9 Å². The first kappa shape index (κ1) is 23.1. The summed E-state index contributed by atoms with van der Waals surface area (Å²) in [6, 6.07) is 7.96. The zero-order valence-corrected chi connectivity index (χ0v) is 18.1. The minimum atomic E-state index is 0.655. The molecular formula is C24H36N2O3. The molecule has 0 fully saturated rings. The quantitative estimate of drug-likeness (QED) is 0.320. The van der Waals surface area contributed by atoms with Crippen molar-refractivity contribution in [2.75, 3.05) is 26.4 Å². The molecule has 1 heterocycles. The van der Waals surface area contributed by atoms with Gasteiger partial charge in [-0.15, -0.1) is 0 Å². The van der Waals surface area contributed by atoms with Crippen LogP contribution in [0.1, 0.15) is 65.2 Å².